The summed E-state index contributed by atoms with van der Waals surface area (Å²) in [6.45, 7) is 8.30. The molecule has 2 unspecified atom stereocenters. The maximum Gasteiger partial charge on any atom is 0.153 e. The third-order valence-electron chi connectivity index (χ3n) is 2.44. The van der Waals surface area contributed by atoms with Crippen molar-refractivity contribution in [2.24, 2.45) is 11.3 Å². The first-order valence-electron chi connectivity index (χ1n) is 3.97. The second-order valence-corrected chi connectivity index (χ2v) is 4.70. The minimum atomic E-state index is -1.66. The number of rotatable bonds is 4. The predicted molar refractivity (Wildman–Crippen MR) is 48.9 cm³/mol. The monoisotopic (exact) mass is 178 g/mol. The van der Waals surface area contributed by atoms with E-state index in [2.05, 4.69) is 13.8 Å². The largest absolute Gasteiger partial charge is 0.306 e. The van der Waals surface area contributed by atoms with Gasteiger partial charge in [0.15, 0.2) is 11.1 Å². The highest BCUT2D eigenvalue weighted by Crippen LogP contribution is 2.29. The average molecular weight is 178 g/mol. The fourth-order valence-electron chi connectivity index (χ4n) is 1.01. The van der Waals surface area contributed by atoms with E-state index >= 15 is 0 Å². The summed E-state index contributed by atoms with van der Waals surface area (Å²) in [6.07, 6.45) is 1.06. The van der Waals surface area contributed by atoms with Crippen LogP contribution < -0.4 is 0 Å². The molecule has 0 fully saturated rings. The third-order valence-corrected chi connectivity index (χ3v) is 3.43. The second-order valence-electron chi connectivity index (χ2n) is 3.76. The maximum atomic E-state index is 10.5. The molecule has 0 aliphatic rings. The molecule has 0 aromatic rings. The van der Waals surface area contributed by atoms with Crippen LogP contribution >= 0.6 is 0 Å². The third kappa shape index (κ3) is 3.87. The van der Waals surface area contributed by atoms with Gasteiger partial charge in [-0.2, -0.15) is 0 Å². The number of hydrogen-bond donors (Lipinski definition) is 1. The van der Waals surface area contributed by atoms with Gasteiger partial charge in [-0.1, -0.05) is 34.1 Å². The van der Waals surface area contributed by atoms with Crippen molar-refractivity contribution in [1.82, 2.24) is 0 Å². The Hall–Kier alpha value is 0.110. The highest BCUT2D eigenvalue weighted by Gasteiger charge is 2.26. The van der Waals surface area contributed by atoms with Gasteiger partial charge in [0.05, 0.1) is 5.75 Å². The summed E-state index contributed by atoms with van der Waals surface area (Å²) in [7, 11) is 0. The molecule has 0 rings (SSSR count). The molecule has 2 nitrogen and oxygen atoms in total. The van der Waals surface area contributed by atoms with E-state index in [1.54, 1.807) is 0 Å². The minimum Gasteiger partial charge on any atom is -0.306 e. The van der Waals surface area contributed by atoms with Gasteiger partial charge < -0.3 is 4.55 Å². The van der Waals surface area contributed by atoms with Gasteiger partial charge in [-0.25, -0.2) is 4.21 Å². The molecule has 68 valence electrons. The first kappa shape index (κ1) is 11.1. The summed E-state index contributed by atoms with van der Waals surface area (Å²) in [5.74, 6) is 0.876. The molecule has 0 heterocycles. The van der Waals surface area contributed by atoms with Crippen molar-refractivity contribution < 1.29 is 8.76 Å². The van der Waals surface area contributed by atoms with Crippen molar-refractivity contribution in [1.29, 1.82) is 0 Å². The normalized spacial score (nSPS) is 17.9. The topological polar surface area (TPSA) is 37.3 Å². The summed E-state index contributed by atoms with van der Waals surface area (Å²) in [4.78, 5) is 0. The predicted octanol–water partition coefficient (Wildman–Crippen LogP) is 2.28. The number of hydrogen-bond acceptors (Lipinski definition) is 1. The summed E-state index contributed by atoms with van der Waals surface area (Å²) in [5.41, 5.74) is -0.0195. The molecule has 0 bridgehead atoms. The van der Waals surface area contributed by atoms with Crippen LogP contribution in [-0.4, -0.2) is 14.5 Å². The molecular formula is C8H18O2S. The van der Waals surface area contributed by atoms with E-state index in [-0.39, 0.29) is 5.41 Å². The van der Waals surface area contributed by atoms with Gasteiger partial charge >= 0.3 is 0 Å². The minimum absolute atomic E-state index is 0.0195. The average Bonchev–Trinajstić information content (AvgIpc) is 1.83. The molecule has 0 amide bonds. The lowest BCUT2D eigenvalue weighted by atomic mass is 9.80. The molecule has 0 saturated carbocycles. The van der Waals surface area contributed by atoms with Crippen molar-refractivity contribution in [3.8, 4) is 0 Å². The SMILES string of the molecule is CCC(C)C(C)(C)CS(=O)O. The highest BCUT2D eigenvalue weighted by molar-refractivity contribution is 7.79. The van der Waals surface area contributed by atoms with Gasteiger partial charge in [0, 0.05) is 0 Å². The quantitative estimate of drug-likeness (QED) is 0.671. The Morgan fingerprint density at radius 1 is 1.55 bits per heavy atom. The van der Waals surface area contributed by atoms with Crippen LogP contribution in [0, 0.1) is 11.3 Å². The fraction of sp³-hybridized carbons (Fsp3) is 1.00. The lowest BCUT2D eigenvalue weighted by Gasteiger charge is -2.29. The molecule has 0 spiro atoms. The van der Waals surface area contributed by atoms with Gasteiger partial charge in [-0.05, 0) is 11.3 Å². The van der Waals surface area contributed by atoms with E-state index < -0.39 is 11.1 Å². The Bertz CT molecular complexity index is 143. The molecule has 0 saturated heterocycles. The summed E-state index contributed by atoms with van der Waals surface area (Å²) < 4.78 is 19.3. The maximum absolute atomic E-state index is 10.5. The Morgan fingerprint density at radius 2 is 2.00 bits per heavy atom. The highest BCUT2D eigenvalue weighted by atomic mass is 32.2. The molecular weight excluding hydrogens is 160 g/mol. The lowest BCUT2D eigenvalue weighted by Crippen LogP contribution is -2.27. The first-order chi connectivity index (χ1) is 4.90. The van der Waals surface area contributed by atoms with Crippen LogP contribution in [0.1, 0.15) is 34.1 Å². The molecule has 2 atom stereocenters. The lowest BCUT2D eigenvalue weighted by molar-refractivity contribution is 0.256. The van der Waals surface area contributed by atoms with E-state index in [9.17, 15) is 4.21 Å². The van der Waals surface area contributed by atoms with E-state index in [0.717, 1.165) is 6.42 Å². The van der Waals surface area contributed by atoms with Crippen molar-refractivity contribution in [2.45, 2.75) is 34.1 Å². The summed E-state index contributed by atoms with van der Waals surface area (Å²) >= 11 is -1.66. The Labute approximate surface area is 71.7 Å². The van der Waals surface area contributed by atoms with E-state index in [0.29, 0.717) is 11.7 Å². The van der Waals surface area contributed by atoms with Crippen molar-refractivity contribution in [3.63, 3.8) is 0 Å². The van der Waals surface area contributed by atoms with Crippen LogP contribution in [0.4, 0.5) is 0 Å². The van der Waals surface area contributed by atoms with Crippen LogP contribution in [0.5, 0.6) is 0 Å². The molecule has 0 aromatic heterocycles. The molecule has 0 aromatic carbocycles. The van der Waals surface area contributed by atoms with Gasteiger partial charge in [-0.15, -0.1) is 0 Å². The molecule has 3 heteroatoms. The van der Waals surface area contributed by atoms with Gasteiger partial charge in [0.25, 0.3) is 0 Å². The Morgan fingerprint density at radius 3 is 2.27 bits per heavy atom. The smallest absolute Gasteiger partial charge is 0.153 e. The zero-order chi connectivity index (χ0) is 9.07. The van der Waals surface area contributed by atoms with Crippen LogP contribution in [-0.2, 0) is 11.1 Å². The van der Waals surface area contributed by atoms with Crippen molar-refractivity contribution >= 4 is 11.1 Å². The second kappa shape index (κ2) is 4.21. The zero-order valence-corrected chi connectivity index (χ0v) is 8.57. The summed E-state index contributed by atoms with van der Waals surface area (Å²) in [6, 6.07) is 0. The first-order valence-corrected chi connectivity index (χ1v) is 5.25. The van der Waals surface area contributed by atoms with Gasteiger partial charge in [-0.3, -0.25) is 0 Å². The molecule has 0 aliphatic heterocycles. The standard InChI is InChI=1S/C8H18O2S/c1-5-7(2)8(3,4)6-11(9)10/h7H,5-6H2,1-4H3,(H,9,10). The fourth-order valence-corrected chi connectivity index (χ4v) is 1.93. The molecule has 1 N–H and O–H groups in total. The van der Waals surface area contributed by atoms with Crippen LogP contribution in [0.25, 0.3) is 0 Å². The summed E-state index contributed by atoms with van der Waals surface area (Å²) in [5, 5.41) is 0. The molecule has 0 aliphatic carbocycles. The van der Waals surface area contributed by atoms with E-state index in [1.165, 1.54) is 0 Å². The molecule has 0 radical (unpaired) electrons. The zero-order valence-electron chi connectivity index (χ0n) is 7.76. The van der Waals surface area contributed by atoms with Crippen LogP contribution in [0.2, 0.25) is 0 Å². The molecule has 11 heavy (non-hydrogen) atoms. The van der Waals surface area contributed by atoms with Crippen LogP contribution in [0.15, 0.2) is 0 Å². The van der Waals surface area contributed by atoms with Crippen molar-refractivity contribution in [3.05, 3.63) is 0 Å². The van der Waals surface area contributed by atoms with Gasteiger partial charge in [0.2, 0.25) is 0 Å². The van der Waals surface area contributed by atoms with Crippen molar-refractivity contribution in [2.75, 3.05) is 5.75 Å². The van der Waals surface area contributed by atoms with E-state index in [4.69, 9.17) is 4.55 Å². The Balaban J connectivity index is 4.08. The van der Waals surface area contributed by atoms with E-state index in [1.807, 2.05) is 13.8 Å². The Kier molecular flexibility index (Phi) is 4.26. The van der Waals surface area contributed by atoms with Crippen LogP contribution in [0.3, 0.4) is 0 Å². The van der Waals surface area contributed by atoms with Gasteiger partial charge in [0.1, 0.15) is 0 Å².